The maximum atomic E-state index is 11.5. The van der Waals surface area contributed by atoms with E-state index in [0.29, 0.717) is 18.9 Å². The minimum absolute atomic E-state index is 0.0840. The van der Waals surface area contributed by atoms with Crippen molar-refractivity contribution in [3.63, 3.8) is 0 Å². The molecule has 0 spiro atoms. The molecule has 10 nitrogen and oxygen atoms in total. The average molecular weight is 478 g/mol. The number of carbonyl (C=O) groups is 1. The Morgan fingerprint density at radius 1 is 1.11 bits per heavy atom. The first kappa shape index (κ1) is 22.2. The smallest absolute Gasteiger partial charge is 0.306 e. The van der Waals surface area contributed by atoms with E-state index in [2.05, 4.69) is 20.6 Å². The normalized spacial score (nSPS) is 22.3. The fourth-order valence-corrected chi connectivity index (χ4v) is 5.03. The summed E-state index contributed by atoms with van der Waals surface area (Å²) in [5, 5.41) is 26.8. The van der Waals surface area contributed by atoms with Crippen LogP contribution in [0.1, 0.15) is 74.4 Å². The third kappa shape index (κ3) is 4.92. The minimum Gasteiger partial charge on any atom is -0.488 e. The van der Waals surface area contributed by atoms with E-state index in [1.807, 2.05) is 30.1 Å². The molecule has 3 aliphatic rings. The van der Waals surface area contributed by atoms with E-state index in [4.69, 9.17) is 9.72 Å². The molecule has 2 atom stereocenters. The fraction of sp³-hybridized carbons (Fsp3) is 0.600. The Morgan fingerprint density at radius 2 is 1.97 bits per heavy atom. The van der Waals surface area contributed by atoms with Crippen molar-refractivity contribution in [1.82, 2.24) is 35.0 Å². The van der Waals surface area contributed by atoms with Crippen LogP contribution in [-0.4, -0.2) is 52.2 Å². The molecule has 0 radical (unpaired) electrons. The Hall–Kier alpha value is -3.30. The van der Waals surface area contributed by atoms with Crippen molar-refractivity contribution in [1.29, 1.82) is 0 Å². The summed E-state index contributed by atoms with van der Waals surface area (Å²) in [5.41, 5.74) is 4.42. The Morgan fingerprint density at radius 3 is 2.74 bits per heavy atom. The van der Waals surface area contributed by atoms with Gasteiger partial charge in [-0.05, 0) is 75.8 Å². The van der Waals surface area contributed by atoms with Crippen LogP contribution in [0.15, 0.2) is 18.3 Å². The number of ether oxygens (including phenoxy) is 1. The highest BCUT2D eigenvalue weighted by molar-refractivity contribution is 5.70. The van der Waals surface area contributed by atoms with Gasteiger partial charge in [0, 0.05) is 19.2 Å². The summed E-state index contributed by atoms with van der Waals surface area (Å²) in [4.78, 5) is 16.5. The van der Waals surface area contributed by atoms with E-state index in [0.717, 1.165) is 78.7 Å². The van der Waals surface area contributed by atoms with Gasteiger partial charge < -0.3 is 9.84 Å². The van der Waals surface area contributed by atoms with E-state index >= 15 is 0 Å². The third-order valence-electron chi connectivity index (χ3n) is 7.40. The molecule has 0 amide bonds. The Labute approximate surface area is 203 Å². The van der Waals surface area contributed by atoms with Gasteiger partial charge in [-0.1, -0.05) is 10.4 Å². The fourth-order valence-electron chi connectivity index (χ4n) is 5.03. The van der Waals surface area contributed by atoms with Crippen LogP contribution >= 0.6 is 0 Å². The van der Waals surface area contributed by atoms with Gasteiger partial charge in [0.2, 0.25) is 0 Å². The Bertz CT molecular complexity index is 1230. The summed E-state index contributed by atoms with van der Waals surface area (Å²) in [6.45, 7) is 0.522. The Kier molecular flexibility index (Phi) is 5.74. The number of rotatable bonds is 9. The third-order valence-corrected chi connectivity index (χ3v) is 7.40. The molecule has 0 bridgehead atoms. The van der Waals surface area contributed by atoms with E-state index < -0.39 is 5.97 Å². The van der Waals surface area contributed by atoms with Gasteiger partial charge in [-0.25, -0.2) is 14.3 Å². The summed E-state index contributed by atoms with van der Waals surface area (Å²) < 4.78 is 9.96. The topological polar surface area (TPSA) is 121 Å². The molecule has 0 aliphatic heterocycles. The molecule has 1 N–H and O–H groups in total. The second-order valence-electron chi connectivity index (χ2n) is 10.4. The molecule has 3 saturated carbocycles. The minimum atomic E-state index is -0.726. The van der Waals surface area contributed by atoms with Gasteiger partial charge in [-0.3, -0.25) is 4.79 Å². The predicted molar refractivity (Wildman–Crippen MR) is 126 cm³/mol. The van der Waals surface area contributed by atoms with Crippen molar-refractivity contribution in [3.8, 4) is 17.1 Å². The van der Waals surface area contributed by atoms with Crippen molar-refractivity contribution in [3.05, 3.63) is 35.4 Å². The number of aryl methyl sites for hydroxylation is 1. The van der Waals surface area contributed by atoms with E-state index in [1.54, 1.807) is 4.68 Å². The van der Waals surface area contributed by atoms with E-state index in [9.17, 15) is 9.90 Å². The molecule has 3 fully saturated rings. The highest BCUT2D eigenvalue weighted by Gasteiger charge is 2.33. The number of hydrogen-bond donors (Lipinski definition) is 1. The van der Waals surface area contributed by atoms with Crippen LogP contribution in [0, 0.1) is 11.8 Å². The van der Waals surface area contributed by atoms with Crippen molar-refractivity contribution in [2.24, 2.45) is 18.9 Å². The molecule has 10 heteroatoms. The molecule has 0 aromatic carbocycles. The zero-order valence-corrected chi connectivity index (χ0v) is 20.0. The molecule has 6 rings (SSSR count). The number of carboxylic acid groups (broad SMARTS) is 1. The zero-order chi connectivity index (χ0) is 23.9. The lowest BCUT2D eigenvalue weighted by atomic mass is 9.87. The summed E-state index contributed by atoms with van der Waals surface area (Å²) in [6.07, 6.45) is 10.7. The van der Waals surface area contributed by atoms with Crippen molar-refractivity contribution < 1.29 is 14.6 Å². The summed E-state index contributed by atoms with van der Waals surface area (Å²) in [7, 11) is 1.88. The molecule has 3 aromatic heterocycles. The van der Waals surface area contributed by atoms with Crippen molar-refractivity contribution in [2.75, 3.05) is 0 Å². The van der Waals surface area contributed by atoms with Crippen LogP contribution in [0.5, 0.6) is 5.75 Å². The van der Waals surface area contributed by atoms with Crippen LogP contribution in [0.25, 0.3) is 11.4 Å². The summed E-state index contributed by atoms with van der Waals surface area (Å²) >= 11 is 0. The van der Waals surface area contributed by atoms with Crippen LogP contribution in [0.3, 0.4) is 0 Å². The summed E-state index contributed by atoms with van der Waals surface area (Å²) in [5.74, 6) is 0.872. The van der Waals surface area contributed by atoms with Crippen LogP contribution in [0.4, 0.5) is 0 Å². The van der Waals surface area contributed by atoms with Gasteiger partial charge >= 0.3 is 5.97 Å². The predicted octanol–water partition coefficient (Wildman–Crippen LogP) is 3.37. The molecular weight excluding hydrogens is 446 g/mol. The number of aromatic nitrogens is 7. The lowest BCUT2D eigenvalue weighted by Gasteiger charge is -2.28. The first-order valence-electron chi connectivity index (χ1n) is 12.7. The molecule has 3 aromatic rings. The largest absolute Gasteiger partial charge is 0.488 e. The van der Waals surface area contributed by atoms with Crippen molar-refractivity contribution >= 4 is 5.97 Å². The molecule has 0 unspecified atom stereocenters. The quantitative estimate of drug-likeness (QED) is 0.498. The lowest BCUT2D eigenvalue weighted by Crippen LogP contribution is -2.29. The van der Waals surface area contributed by atoms with Gasteiger partial charge in [0.25, 0.3) is 0 Å². The van der Waals surface area contributed by atoms with Crippen LogP contribution < -0.4 is 4.74 Å². The Balaban J connectivity index is 1.23. The first-order chi connectivity index (χ1) is 17.0. The number of nitrogens with zero attached hydrogens (tertiary/aromatic N) is 7. The number of carboxylic acids is 1. The first-order valence-corrected chi connectivity index (χ1v) is 12.7. The van der Waals surface area contributed by atoms with Crippen molar-refractivity contribution in [2.45, 2.75) is 76.4 Å². The molecule has 35 heavy (non-hydrogen) atoms. The highest BCUT2D eigenvalue weighted by Crippen LogP contribution is 2.45. The zero-order valence-electron chi connectivity index (χ0n) is 20.0. The molecular formula is C25H31N7O3. The molecule has 3 aliphatic carbocycles. The average Bonchev–Trinajstić information content (AvgIpc) is 3.78. The SMILES string of the molecule is Cn1nnc(-c2ccc(O[C@H]3CCC[C@H](C(=O)O)C3)c(C3CC3)n2)c1Cn1cc(CC2CC2)nn1. The van der Waals surface area contributed by atoms with Gasteiger partial charge in [0.1, 0.15) is 11.4 Å². The van der Waals surface area contributed by atoms with Gasteiger partial charge in [-0.15, -0.1) is 10.2 Å². The summed E-state index contributed by atoms with van der Waals surface area (Å²) in [6, 6.07) is 3.91. The van der Waals surface area contributed by atoms with Gasteiger partial charge in [0.15, 0.2) is 0 Å². The van der Waals surface area contributed by atoms with Gasteiger partial charge in [0.05, 0.1) is 41.3 Å². The lowest BCUT2D eigenvalue weighted by molar-refractivity contribution is -0.143. The van der Waals surface area contributed by atoms with Gasteiger partial charge in [-0.2, -0.15) is 0 Å². The second kappa shape index (κ2) is 9.05. The standard InChI is InChI=1S/C25H31N7O3/c1-31-21(14-32-13-18(27-30-32)11-15-5-6-15)24(28-29-31)20-9-10-22(23(26-20)16-7-8-16)35-19-4-2-3-17(12-19)25(33)34/h9-10,13,15-17,19H,2-8,11-12,14H2,1H3,(H,33,34)/t17-,19-/m0/s1. The maximum absolute atomic E-state index is 11.5. The number of pyridine rings is 1. The number of hydrogen-bond acceptors (Lipinski definition) is 7. The molecule has 0 saturated heterocycles. The molecule has 3 heterocycles. The highest BCUT2D eigenvalue weighted by atomic mass is 16.5. The van der Waals surface area contributed by atoms with Crippen LogP contribution in [0.2, 0.25) is 0 Å². The second-order valence-corrected chi connectivity index (χ2v) is 10.4. The monoisotopic (exact) mass is 477 g/mol. The molecule has 184 valence electrons. The number of aliphatic carboxylic acids is 1. The van der Waals surface area contributed by atoms with Crippen LogP contribution in [-0.2, 0) is 24.8 Å². The van der Waals surface area contributed by atoms with E-state index in [1.165, 1.54) is 12.8 Å². The van der Waals surface area contributed by atoms with E-state index in [-0.39, 0.29) is 12.0 Å². The maximum Gasteiger partial charge on any atom is 0.306 e.